The summed E-state index contributed by atoms with van der Waals surface area (Å²) in [7, 11) is 0. The Morgan fingerprint density at radius 3 is 2.10 bits per heavy atom. The Morgan fingerprint density at radius 2 is 1.71 bits per heavy atom. The van der Waals surface area contributed by atoms with E-state index < -0.39 is 4.92 Å². The minimum atomic E-state index is -0.501. The molecule has 0 aliphatic heterocycles. The molecule has 0 amide bonds. The fourth-order valence-corrected chi connectivity index (χ4v) is 1.96. The third-order valence-corrected chi connectivity index (χ3v) is 3.36. The molecule has 2 N–H and O–H groups in total. The highest BCUT2D eigenvalue weighted by atomic mass is 16.6. The molecular formula is C15H26N4O2. The van der Waals surface area contributed by atoms with Crippen LogP contribution in [0.4, 0.5) is 17.3 Å². The van der Waals surface area contributed by atoms with Gasteiger partial charge in [-0.15, -0.1) is 0 Å². The van der Waals surface area contributed by atoms with E-state index in [1.807, 2.05) is 0 Å². The van der Waals surface area contributed by atoms with Gasteiger partial charge >= 0.3 is 5.69 Å². The summed E-state index contributed by atoms with van der Waals surface area (Å²) in [6.45, 7) is 10.5. The van der Waals surface area contributed by atoms with Gasteiger partial charge < -0.3 is 10.6 Å². The Bertz CT molecular complexity index is 463. The highest BCUT2D eigenvalue weighted by Gasteiger charge is 2.16. The number of hydrogen-bond donors (Lipinski definition) is 1. The molecule has 1 aromatic heterocycles. The Labute approximate surface area is 126 Å². The maximum absolute atomic E-state index is 10.8. The average molecular weight is 294 g/mol. The lowest BCUT2D eigenvalue weighted by molar-refractivity contribution is -0.384. The van der Waals surface area contributed by atoms with Crippen LogP contribution < -0.4 is 10.6 Å². The summed E-state index contributed by atoms with van der Waals surface area (Å²) >= 11 is 0. The van der Waals surface area contributed by atoms with E-state index in [1.54, 1.807) is 6.07 Å². The first-order valence-electron chi connectivity index (χ1n) is 7.47. The molecule has 0 radical (unpaired) electrons. The average Bonchev–Trinajstić information content (AvgIpc) is 2.37. The summed E-state index contributed by atoms with van der Waals surface area (Å²) in [6.07, 6.45) is 2.10. The van der Waals surface area contributed by atoms with Gasteiger partial charge in [-0.1, -0.05) is 27.7 Å². The van der Waals surface area contributed by atoms with Gasteiger partial charge in [-0.2, -0.15) is 0 Å². The van der Waals surface area contributed by atoms with Crippen LogP contribution in [0, 0.1) is 22.0 Å². The number of nitro groups is 1. The summed E-state index contributed by atoms with van der Waals surface area (Å²) in [4.78, 5) is 16.7. The van der Waals surface area contributed by atoms with E-state index in [1.165, 1.54) is 6.07 Å². The molecule has 0 bridgehead atoms. The van der Waals surface area contributed by atoms with Gasteiger partial charge in [0.2, 0.25) is 5.82 Å². The molecule has 0 aliphatic rings. The van der Waals surface area contributed by atoms with E-state index >= 15 is 0 Å². The monoisotopic (exact) mass is 294 g/mol. The summed E-state index contributed by atoms with van der Waals surface area (Å²) in [5, 5.41) is 10.8. The molecule has 1 rings (SSSR count). The lowest BCUT2D eigenvalue weighted by atomic mass is 10.1. The third-order valence-electron chi connectivity index (χ3n) is 3.36. The first-order valence-corrected chi connectivity index (χ1v) is 7.47. The van der Waals surface area contributed by atoms with Crippen LogP contribution >= 0.6 is 0 Å². The van der Waals surface area contributed by atoms with Gasteiger partial charge in [0, 0.05) is 19.2 Å². The summed E-state index contributed by atoms with van der Waals surface area (Å²) in [5.41, 5.74) is 5.56. The Hall–Kier alpha value is -1.85. The van der Waals surface area contributed by atoms with Crippen LogP contribution in [-0.2, 0) is 0 Å². The molecule has 1 aromatic rings. The van der Waals surface area contributed by atoms with E-state index in [-0.39, 0.29) is 11.5 Å². The van der Waals surface area contributed by atoms with Crippen LogP contribution in [0.1, 0.15) is 40.5 Å². The topological polar surface area (TPSA) is 85.3 Å². The number of nitrogen functional groups attached to an aromatic ring is 1. The molecule has 0 fully saturated rings. The predicted octanol–water partition coefficient (Wildman–Crippen LogP) is 3.47. The van der Waals surface area contributed by atoms with Crippen molar-refractivity contribution in [3.05, 3.63) is 22.2 Å². The van der Waals surface area contributed by atoms with Crippen molar-refractivity contribution in [2.45, 2.75) is 40.5 Å². The highest BCUT2D eigenvalue weighted by Crippen LogP contribution is 2.24. The Balaban J connectivity index is 2.90. The predicted molar refractivity (Wildman–Crippen MR) is 86.4 cm³/mol. The van der Waals surface area contributed by atoms with Gasteiger partial charge in [-0.25, -0.2) is 4.98 Å². The molecule has 0 aromatic carbocycles. The van der Waals surface area contributed by atoms with E-state index in [4.69, 9.17) is 5.73 Å². The fraction of sp³-hybridized carbons (Fsp3) is 0.667. The normalized spacial score (nSPS) is 11.1. The van der Waals surface area contributed by atoms with Gasteiger partial charge in [0.1, 0.15) is 5.82 Å². The van der Waals surface area contributed by atoms with Crippen molar-refractivity contribution in [3.63, 3.8) is 0 Å². The molecule has 6 heteroatoms. The maximum Gasteiger partial charge on any atom is 0.311 e. The van der Waals surface area contributed by atoms with Crippen molar-refractivity contribution < 1.29 is 4.92 Å². The van der Waals surface area contributed by atoms with E-state index in [0.29, 0.717) is 11.8 Å². The van der Waals surface area contributed by atoms with Crippen LogP contribution in [0.25, 0.3) is 0 Å². The molecule has 0 saturated heterocycles. The van der Waals surface area contributed by atoms with Crippen molar-refractivity contribution >= 4 is 17.3 Å². The molecule has 0 atom stereocenters. The number of nitrogens with zero attached hydrogens (tertiary/aromatic N) is 3. The van der Waals surface area contributed by atoms with Crippen molar-refractivity contribution in [2.75, 3.05) is 23.7 Å². The van der Waals surface area contributed by atoms with Crippen LogP contribution in [0.2, 0.25) is 0 Å². The summed E-state index contributed by atoms with van der Waals surface area (Å²) < 4.78 is 0. The second-order valence-corrected chi connectivity index (χ2v) is 6.18. The van der Waals surface area contributed by atoms with Crippen LogP contribution in [0.5, 0.6) is 0 Å². The highest BCUT2D eigenvalue weighted by molar-refractivity contribution is 5.57. The number of hydrogen-bond acceptors (Lipinski definition) is 5. The van der Waals surface area contributed by atoms with Crippen LogP contribution in [0.15, 0.2) is 12.1 Å². The van der Waals surface area contributed by atoms with Crippen molar-refractivity contribution in [1.29, 1.82) is 0 Å². The van der Waals surface area contributed by atoms with Gasteiger partial charge in [0.25, 0.3) is 0 Å². The molecule has 1 heterocycles. The van der Waals surface area contributed by atoms with Gasteiger partial charge in [0.05, 0.1) is 4.92 Å². The molecule has 0 saturated carbocycles. The number of rotatable bonds is 8. The zero-order valence-corrected chi connectivity index (χ0v) is 13.4. The zero-order chi connectivity index (χ0) is 16.0. The number of anilines is 2. The standard InChI is InChI=1S/C15H26N4O2/c1-11(2)7-9-18(10-8-12(3)4)14-6-5-13(19(20)21)15(16)17-14/h5-6,11-12H,7-10H2,1-4H3,(H2,16,17). The number of aromatic nitrogens is 1. The third kappa shape index (κ3) is 5.57. The first-order chi connectivity index (χ1) is 9.81. The molecule has 21 heavy (non-hydrogen) atoms. The van der Waals surface area contributed by atoms with Crippen LogP contribution in [-0.4, -0.2) is 23.0 Å². The molecule has 6 nitrogen and oxygen atoms in total. The lowest BCUT2D eigenvalue weighted by Gasteiger charge is -2.25. The Kier molecular flexibility index (Phi) is 6.39. The van der Waals surface area contributed by atoms with Crippen molar-refractivity contribution in [2.24, 2.45) is 11.8 Å². The summed E-state index contributed by atoms with van der Waals surface area (Å²) in [6, 6.07) is 3.13. The zero-order valence-electron chi connectivity index (χ0n) is 13.4. The second-order valence-electron chi connectivity index (χ2n) is 6.18. The molecule has 0 unspecified atom stereocenters. The number of nitrogens with two attached hydrogens (primary N) is 1. The van der Waals surface area contributed by atoms with Crippen molar-refractivity contribution in [1.82, 2.24) is 4.98 Å². The largest absolute Gasteiger partial charge is 0.378 e. The summed E-state index contributed by atoms with van der Waals surface area (Å²) in [5.74, 6) is 1.90. The fourth-order valence-electron chi connectivity index (χ4n) is 1.96. The van der Waals surface area contributed by atoms with Crippen LogP contribution in [0.3, 0.4) is 0 Å². The minimum Gasteiger partial charge on any atom is -0.378 e. The molecule has 0 spiro atoms. The Morgan fingerprint density at radius 1 is 1.19 bits per heavy atom. The molecule has 0 aliphatic carbocycles. The van der Waals surface area contributed by atoms with E-state index in [2.05, 4.69) is 37.6 Å². The maximum atomic E-state index is 10.8. The van der Waals surface area contributed by atoms with Gasteiger partial charge in [-0.3, -0.25) is 10.1 Å². The van der Waals surface area contributed by atoms with Gasteiger partial charge in [-0.05, 0) is 30.7 Å². The lowest BCUT2D eigenvalue weighted by Crippen LogP contribution is -2.28. The molecular weight excluding hydrogens is 268 g/mol. The van der Waals surface area contributed by atoms with E-state index in [0.717, 1.165) is 31.7 Å². The minimum absolute atomic E-state index is 0.0170. The van der Waals surface area contributed by atoms with Crippen molar-refractivity contribution in [3.8, 4) is 0 Å². The molecule has 118 valence electrons. The number of pyridine rings is 1. The first kappa shape index (κ1) is 17.2. The smallest absolute Gasteiger partial charge is 0.311 e. The van der Waals surface area contributed by atoms with Gasteiger partial charge in [0.15, 0.2) is 0 Å². The second kappa shape index (κ2) is 7.81. The van der Waals surface area contributed by atoms with E-state index in [9.17, 15) is 10.1 Å². The SMILES string of the molecule is CC(C)CCN(CCC(C)C)c1ccc([N+](=O)[O-])c(N)n1. The quantitative estimate of drug-likeness (QED) is 0.586.